The van der Waals surface area contributed by atoms with E-state index in [2.05, 4.69) is 39.9 Å². The molecule has 0 saturated heterocycles. The molecule has 7 heteroatoms. The fourth-order valence-corrected chi connectivity index (χ4v) is 11.8. The average Bonchev–Trinajstić information content (AvgIpc) is 3.62. The summed E-state index contributed by atoms with van der Waals surface area (Å²) in [6, 6.07) is 3.36. The summed E-state index contributed by atoms with van der Waals surface area (Å²) in [6.07, 6.45) is 9.69. The number of hydrogen-bond donors (Lipinski definition) is 2. The van der Waals surface area contributed by atoms with E-state index < -0.39 is 36.4 Å². The number of ether oxygens (including phenoxy) is 1. The predicted octanol–water partition coefficient (Wildman–Crippen LogP) is 7.62. The van der Waals surface area contributed by atoms with E-state index >= 15 is 0 Å². The number of carbonyl (C=O) groups is 2. The highest BCUT2D eigenvalue weighted by atomic mass is 28.4. The van der Waals surface area contributed by atoms with Gasteiger partial charge >= 0.3 is 6.09 Å². The standard InChI is InChI=1S/C32H55NO5Si/c1-10-13-18-39(19-14-11-2,20-15-12-3)38-27-25-23(4)32(16-17-32)31(9,36)26(34)24(25)21-30(27,8)22-33-28(35)37-29(5,6)7/h21,27,36H,10-20,22H2,1-9H3,(H,33,35)/t27-,30+,31+/m1/s1. The molecule has 0 aromatic carbocycles. The maximum atomic E-state index is 13.9. The largest absolute Gasteiger partial charge is 0.444 e. The van der Waals surface area contributed by atoms with Crippen molar-refractivity contribution < 1.29 is 23.9 Å². The molecule has 0 unspecified atom stereocenters. The third kappa shape index (κ3) is 6.41. The topological polar surface area (TPSA) is 84.9 Å². The molecule has 1 amide bonds. The molecule has 3 rings (SSSR count). The summed E-state index contributed by atoms with van der Waals surface area (Å²) in [5, 5.41) is 14.5. The number of unbranched alkanes of at least 4 members (excludes halogenated alkanes) is 3. The van der Waals surface area contributed by atoms with E-state index in [1.807, 2.05) is 26.8 Å². The second-order valence-electron chi connectivity index (χ2n) is 13.9. The molecule has 1 fully saturated rings. The fraction of sp³-hybridized carbons (Fsp3) is 0.812. The van der Waals surface area contributed by atoms with Gasteiger partial charge in [-0.2, -0.15) is 0 Å². The molecule has 0 aliphatic heterocycles. The third-order valence-electron chi connectivity index (χ3n) is 9.45. The lowest BCUT2D eigenvalue weighted by Gasteiger charge is -2.44. The minimum Gasteiger partial charge on any atom is -0.444 e. The van der Waals surface area contributed by atoms with Gasteiger partial charge < -0.3 is 19.6 Å². The number of amides is 1. The van der Waals surface area contributed by atoms with Gasteiger partial charge in [-0.25, -0.2) is 4.79 Å². The summed E-state index contributed by atoms with van der Waals surface area (Å²) in [5.41, 5.74) is -0.453. The third-order valence-corrected chi connectivity index (χ3v) is 14.0. The van der Waals surface area contributed by atoms with E-state index in [0.29, 0.717) is 12.1 Å². The number of fused-ring (bicyclic) bond motifs is 1. The predicted molar refractivity (Wildman–Crippen MR) is 160 cm³/mol. The van der Waals surface area contributed by atoms with E-state index in [4.69, 9.17) is 9.16 Å². The molecular formula is C32H55NO5Si. The van der Waals surface area contributed by atoms with Crippen LogP contribution in [0.25, 0.3) is 0 Å². The molecule has 3 aliphatic rings. The Labute approximate surface area is 238 Å². The first-order chi connectivity index (χ1) is 18.1. The highest BCUT2D eigenvalue weighted by Crippen LogP contribution is 2.66. The molecule has 0 aromatic rings. The van der Waals surface area contributed by atoms with E-state index in [1.54, 1.807) is 6.92 Å². The van der Waals surface area contributed by atoms with Crippen LogP contribution in [0.3, 0.4) is 0 Å². The molecule has 3 aliphatic carbocycles. The smallest absolute Gasteiger partial charge is 0.407 e. The van der Waals surface area contributed by atoms with Crippen LogP contribution in [0.1, 0.15) is 114 Å². The van der Waals surface area contributed by atoms with Crippen molar-refractivity contribution in [3.63, 3.8) is 0 Å². The van der Waals surface area contributed by atoms with Gasteiger partial charge in [-0.1, -0.05) is 77.9 Å². The second-order valence-corrected chi connectivity index (χ2v) is 18.0. The first-order valence-electron chi connectivity index (χ1n) is 15.5. The van der Waals surface area contributed by atoms with Crippen LogP contribution in [0, 0.1) is 10.8 Å². The summed E-state index contributed by atoms with van der Waals surface area (Å²) >= 11 is 0. The Kier molecular flexibility index (Phi) is 9.71. The Bertz CT molecular complexity index is 965. The molecule has 0 radical (unpaired) electrons. The minimum absolute atomic E-state index is 0.196. The Hall–Kier alpha value is -1.44. The van der Waals surface area contributed by atoms with Crippen LogP contribution < -0.4 is 5.32 Å². The molecule has 1 spiro atoms. The number of rotatable bonds is 13. The molecule has 1 saturated carbocycles. The van der Waals surface area contributed by atoms with Crippen molar-refractivity contribution >= 4 is 20.2 Å². The molecule has 0 bridgehead atoms. The minimum atomic E-state index is -2.18. The van der Waals surface area contributed by atoms with Crippen molar-refractivity contribution in [3.05, 3.63) is 22.8 Å². The van der Waals surface area contributed by atoms with Gasteiger partial charge in [0, 0.05) is 22.9 Å². The van der Waals surface area contributed by atoms with Gasteiger partial charge in [0.25, 0.3) is 0 Å². The molecular weight excluding hydrogens is 506 g/mol. The molecule has 0 heterocycles. The lowest BCUT2D eigenvalue weighted by Crippen LogP contribution is -2.52. The maximum absolute atomic E-state index is 13.9. The van der Waals surface area contributed by atoms with Gasteiger partial charge in [0.05, 0.1) is 6.10 Å². The second kappa shape index (κ2) is 11.8. The van der Waals surface area contributed by atoms with Crippen molar-refractivity contribution in [2.45, 2.75) is 149 Å². The summed E-state index contributed by atoms with van der Waals surface area (Å²) in [5.74, 6) is -0.196. The Morgan fingerprint density at radius 1 is 1.05 bits per heavy atom. The van der Waals surface area contributed by atoms with E-state index in [-0.39, 0.29) is 11.9 Å². The van der Waals surface area contributed by atoms with Gasteiger partial charge in [-0.3, -0.25) is 4.79 Å². The van der Waals surface area contributed by atoms with Gasteiger partial charge in [0.2, 0.25) is 0 Å². The van der Waals surface area contributed by atoms with Crippen LogP contribution in [0.15, 0.2) is 22.8 Å². The van der Waals surface area contributed by atoms with Crippen LogP contribution in [0.2, 0.25) is 18.1 Å². The maximum Gasteiger partial charge on any atom is 0.407 e. The van der Waals surface area contributed by atoms with Gasteiger partial charge in [0.15, 0.2) is 14.1 Å². The molecule has 3 atom stereocenters. The normalized spacial score (nSPS) is 28.0. The van der Waals surface area contributed by atoms with Crippen LogP contribution in [-0.4, -0.2) is 49.2 Å². The van der Waals surface area contributed by atoms with Crippen LogP contribution >= 0.6 is 0 Å². The van der Waals surface area contributed by atoms with Gasteiger partial charge in [0.1, 0.15) is 11.2 Å². The summed E-state index contributed by atoms with van der Waals surface area (Å²) in [4.78, 5) is 26.6. The van der Waals surface area contributed by atoms with Crippen LogP contribution in [-0.2, 0) is 14.0 Å². The molecule has 39 heavy (non-hydrogen) atoms. The van der Waals surface area contributed by atoms with Gasteiger partial charge in [-0.15, -0.1) is 0 Å². The molecule has 6 nitrogen and oxygen atoms in total. The van der Waals surface area contributed by atoms with E-state index in [0.717, 1.165) is 80.6 Å². The number of aliphatic hydroxyl groups is 1. The van der Waals surface area contributed by atoms with Crippen LogP contribution in [0.4, 0.5) is 4.79 Å². The fourth-order valence-electron chi connectivity index (χ4n) is 6.84. The first-order valence-corrected chi connectivity index (χ1v) is 18.0. The van der Waals surface area contributed by atoms with Crippen molar-refractivity contribution in [1.82, 2.24) is 5.32 Å². The lowest BCUT2D eigenvalue weighted by molar-refractivity contribution is -0.137. The van der Waals surface area contributed by atoms with Crippen molar-refractivity contribution in [1.29, 1.82) is 0 Å². The molecule has 0 aromatic heterocycles. The number of hydrogen-bond acceptors (Lipinski definition) is 5. The Balaban J connectivity index is 2.09. The first kappa shape index (κ1) is 32.1. The van der Waals surface area contributed by atoms with Crippen molar-refractivity contribution in [2.75, 3.05) is 6.54 Å². The SMILES string of the molecule is CCCC[Si](CCCC)(CCCC)O[C@@H]1C2=C(C)C3(CC3)[C@@](C)(O)C(=O)C2=C[C@@]1(C)CNC(=O)OC(C)(C)C. The Morgan fingerprint density at radius 3 is 2.00 bits per heavy atom. The van der Waals surface area contributed by atoms with Crippen molar-refractivity contribution in [2.24, 2.45) is 10.8 Å². The summed E-state index contributed by atoms with van der Waals surface area (Å²) in [7, 11) is -2.18. The number of ketones is 1. The van der Waals surface area contributed by atoms with Gasteiger partial charge in [-0.05, 0) is 71.2 Å². The number of carbonyl (C=O) groups excluding carboxylic acids is 2. The highest BCUT2D eigenvalue weighted by Gasteiger charge is 2.67. The highest BCUT2D eigenvalue weighted by molar-refractivity contribution is 6.73. The van der Waals surface area contributed by atoms with E-state index in [1.165, 1.54) is 0 Å². The molecule has 2 N–H and O–H groups in total. The summed E-state index contributed by atoms with van der Waals surface area (Å²) < 4.78 is 13.1. The number of alkyl carbamates (subject to hydrolysis) is 1. The monoisotopic (exact) mass is 561 g/mol. The van der Waals surface area contributed by atoms with Crippen LogP contribution in [0.5, 0.6) is 0 Å². The Morgan fingerprint density at radius 2 is 1.56 bits per heavy atom. The zero-order chi connectivity index (χ0) is 29.3. The quantitative estimate of drug-likeness (QED) is 0.226. The zero-order valence-electron chi connectivity index (χ0n) is 26.2. The van der Waals surface area contributed by atoms with Crippen molar-refractivity contribution in [3.8, 4) is 0 Å². The average molecular weight is 562 g/mol. The lowest BCUT2D eigenvalue weighted by atomic mass is 9.67. The van der Waals surface area contributed by atoms with E-state index in [9.17, 15) is 14.7 Å². The number of nitrogens with one attached hydrogen (secondary N) is 1. The summed E-state index contributed by atoms with van der Waals surface area (Å²) in [6.45, 7) is 18.5. The molecule has 222 valence electrons. The number of Topliss-reactive ketones (excluding diaryl/α,β-unsaturated/α-hetero) is 1. The zero-order valence-corrected chi connectivity index (χ0v) is 27.2.